The number of nitrogens with zero attached hydrogens (tertiary/aromatic N) is 4. The van der Waals surface area contributed by atoms with Gasteiger partial charge in [-0.3, -0.25) is 14.3 Å². The monoisotopic (exact) mass is 267 g/mol. The number of azide groups is 1. The number of hydrogen-bond acceptors (Lipinski definition) is 5. The van der Waals surface area contributed by atoms with Gasteiger partial charge in [0, 0.05) is 23.1 Å². The van der Waals surface area contributed by atoms with Gasteiger partial charge in [0.05, 0.1) is 18.8 Å². The van der Waals surface area contributed by atoms with E-state index in [9.17, 15) is 9.59 Å². The van der Waals surface area contributed by atoms with Crippen LogP contribution in [0.4, 0.5) is 0 Å². The average Bonchev–Trinajstić information content (AvgIpc) is 2.77. The number of aliphatic hydroxyl groups is 1. The maximum atomic E-state index is 11.7. The summed E-state index contributed by atoms with van der Waals surface area (Å²) in [5.41, 5.74) is 7.76. The average molecular weight is 267 g/mol. The molecule has 1 aromatic rings. The van der Waals surface area contributed by atoms with Gasteiger partial charge >= 0.3 is 5.69 Å². The molecule has 9 nitrogen and oxygen atoms in total. The Balaban J connectivity index is 2.34. The van der Waals surface area contributed by atoms with Crippen LogP contribution in [-0.4, -0.2) is 33.4 Å². The van der Waals surface area contributed by atoms with Gasteiger partial charge in [-0.05, 0) is 12.5 Å². The number of H-pyrrole nitrogens is 1. The van der Waals surface area contributed by atoms with E-state index < -0.39 is 29.6 Å². The maximum absolute atomic E-state index is 11.7. The Hall–Kier alpha value is -2.09. The van der Waals surface area contributed by atoms with E-state index in [2.05, 4.69) is 15.0 Å². The number of nitrogens with one attached hydrogen (secondary N) is 1. The molecule has 1 aliphatic rings. The van der Waals surface area contributed by atoms with Gasteiger partial charge in [0.1, 0.15) is 6.23 Å². The minimum atomic E-state index is -0.671. The number of aliphatic hydroxyl groups excluding tert-OH is 1. The minimum absolute atomic E-state index is 0.265. The second-order valence-corrected chi connectivity index (χ2v) is 4.30. The van der Waals surface area contributed by atoms with Crippen molar-refractivity contribution >= 4 is 0 Å². The molecule has 9 heteroatoms. The van der Waals surface area contributed by atoms with Gasteiger partial charge in [0.2, 0.25) is 0 Å². The van der Waals surface area contributed by atoms with Crippen LogP contribution in [0.1, 0.15) is 18.2 Å². The molecule has 0 radical (unpaired) electrons. The first-order valence-electron chi connectivity index (χ1n) is 5.69. The van der Waals surface area contributed by atoms with Crippen LogP contribution >= 0.6 is 0 Å². The molecule has 0 saturated carbocycles. The van der Waals surface area contributed by atoms with E-state index in [0.29, 0.717) is 5.56 Å². The predicted octanol–water partition coefficient (Wildman–Crippen LogP) is -0.196. The Labute approximate surface area is 107 Å². The lowest BCUT2D eigenvalue weighted by Gasteiger charge is -2.14. The molecule has 1 aliphatic heterocycles. The number of aromatic amines is 1. The molecular formula is C10H13N5O4. The van der Waals surface area contributed by atoms with Crippen LogP contribution in [0, 0.1) is 6.92 Å². The molecule has 2 rings (SSSR count). The molecule has 2 N–H and O–H groups in total. The van der Waals surface area contributed by atoms with E-state index in [-0.39, 0.29) is 13.0 Å². The second kappa shape index (κ2) is 5.27. The molecule has 1 fully saturated rings. The van der Waals surface area contributed by atoms with Gasteiger partial charge < -0.3 is 9.84 Å². The summed E-state index contributed by atoms with van der Waals surface area (Å²) >= 11 is 0. The number of aryl methyl sites for hydroxylation is 1. The highest BCUT2D eigenvalue weighted by atomic mass is 16.5. The Morgan fingerprint density at radius 1 is 1.68 bits per heavy atom. The molecule has 19 heavy (non-hydrogen) atoms. The number of rotatable bonds is 3. The van der Waals surface area contributed by atoms with Crippen LogP contribution in [0.25, 0.3) is 10.4 Å². The number of ether oxygens (including phenoxy) is 1. The molecule has 0 bridgehead atoms. The van der Waals surface area contributed by atoms with Crippen molar-refractivity contribution in [1.29, 1.82) is 0 Å². The fourth-order valence-corrected chi connectivity index (χ4v) is 2.04. The third-order valence-corrected chi connectivity index (χ3v) is 3.04. The van der Waals surface area contributed by atoms with Crippen molar-refractivity contribution in [3.8, 4) is 0 Å². The Kier molecular flexibility index (Phi) is 3.70. The Morgan fingerprint density at radius 2 is 2.42 bits per heavy atom. The molecule has 102 valence electrons. The molecule has 0 spiro atoms. The van der Waals surface area contributed by atoms with E-state index in [1.54, 1.807) is 6.92 Å². The summed E-state index contributed by atoms with van der Waals surface area (Å²) in [7, 11) is 0. The molecule has 0 aromatic carbocycles. The first-order chi connectivity index (χ1) is 9.06. The zero-order valence-corrected chi connectivity index (χ0v) is 10.2. The molecule has 0 aliphatic carbocycles. The van der Waals surface area contributed by atoms with Gasteiger partial charge in [-0.2, -0.15) is 0 Å². The molecule has 2 heterocycles. The van der Waals surface area contributed by atoms with Gasteiger partial charge in [-0.25, -0.2) is 4.79 Å². The summed E-state index contributed by atoms with van der Waals surface area (Å²) in [6, 6.07) is -0.542. The summed E-state index contributed by atoms with van der Waals surface area (Å²) in [6.45, 7) is 1.26. The SMILES string of the molecule is Cc1cn([C@@H]2C[C@@H](N=[N+]=[N-])[C@@H](CO)O2)c(=O)[nH]c1=O. The first-order valence-corrected chi connectivity index (χ1v) is 5.69. The van der Waals surface area contributed by atoms with Crippen LogP contribution in [0.3, 0.4) is 0 Å². The summed E-state index contributed by atoms with van der Waals surface area (Å²) in [6.07, 6.45) is 0.329. The molecule has 1 aromatic heterocycles. The smallest absolute Gasteiger partial charge is 0.330 e. The second-order valence-electron chi connectivity index (χ2n) is 4.30. The fraction of sp³-hybridized carbons (Fsp3) is 0.600. The number of hydrogen-bond donors (Lipinski definition) is 2. The third kappa shape index (κ3) is 2.53. The van der Waals surface area contributed by atoms with Crippen molar-refractivity contribution in [3.05, 3.63) is 43.0 Å². The van der Waals surface area contributed by atoms with Crippen molar-refractivity contribution in [3.63, 3.8) is 0 Å². The zero-order valence-electron chi connectivity index (χ0n) is 10.2. The highest BCUT2D eigenvalue weighted by molar-refractivity contribution is 5.02. The maximum Gasteiger partial charge on any atom is 0.330 e. The lowest BCUT2D eigenvalue weighted by Crippen LogP contribution is -2.33. The van der Waals surface area contributed by atoms with Gasteiger partial charge in [-0.15, -0.1) is 0 Å². The van der Waals surface area contributed by atoms with Crippen LogP contribution < -0.4 is 11.2 Å². The first kappa shape index (κ1) is 13.3. The van der Waals surface area contributed by atoms with Crippen molar-refractivity contribution in [2.75, 3.05) is 6.61 Å². The normalized spacial score (nSPS) is 26.1. The standard InChI is InChI=1S/C10H13N5O4/c1-5-3-15(10(18)12-9(5)17)8-2-6(13-14-11)7(4-16)19-8/h3,6-8,16H,2,4H2,1H3,(H,12,17,18)/t6-,7-,8+/m1/s1. The van der Waals surface area contributed by atoms with E-state index in [1.165, 1.54) is 10.8 Å². The topological polar surface area (TPSA) is 133 Å². The van der Waals surface area contributed by atoms with Gasteiger partial charge in [-0.1, -0.05) is 5.11 Å². The van der Waals surface area contributed by atoms with E-state index in [1.807, 2.05) is 0 Å². The quantitative estimate of drug-likeness (QED) is 0.445. The molecule has 3 atom stereocenters. The van der Waals surface area contributed by atoms with E-state index >= 15 is 0 Å². The van der Waals surface area contributed by atoms with Crippen molar-refractivity contribution in [2.24, 2.45) is 5.11 Å². The lowest BCUT2D eigenvalue weighted by molar-refractivity contribution is -0.0271. The third-order valence-electron chi connectivity index (χ3n) is 3.04. The van der Waals surface area contributed by atoms with Gasteiger partial charge in [0.25, 0.3) is 5.56 Å². The molecule has 1 saturated heterocycles. The zero-order chi connectivity index (χ0) is 14.0. The number of aromatic nitrogens is 2. The van der Waals surface area contributed by atoms with E-state index in [4.69, 9.17) is 15.4 Å². The molecular weight excluding hydrogens is 254 g/mol. The molecule has 0 unspecified atom stereocenters. The highest BCUT2D eigenvalue weighted by Crippen LogP contribution is 2.29. The van der Waals surface area contributed by atoms with Crippen molar-refractivity contribution in [2.45, 2.75) is 31.7 Å². The van der Waals surface area contributed by atoms with E-state index in [0.717, 1.165) is 0 Å². The molecule has 0 amide bonds. The summed E-state index contributed by atoms with van der Waals surface area (Å²) in [4.78, 5) is 27.8. The minimum Gasteiger partial charge on any atom is -0.394 e. The largest absolute Gasteiger partial charge is 0.394 e. The van der Waals surface area contributed by atoms with Crippen LogP contribution in [0.5, 0.6) is 0 Å². The lowest BCUT2D eigenvalue weighted by atomic mass is 10.1. The van der Waals surface area contributed by atoms with Crippen LogP contribution in [0.15, 0.2) is 20.9 Å². The van der Waals surface area contributed by atoms with Crippen LogP contribution in [-0.2, 0) is 4.74 Å². The summed E-state index contributed by atoms with van der Waals surface area (Å²) in [5.74, 6) is 0. The highest BCUT2D eigenvalue weighted by Gasteiger charge is 2.35. The van der Waals surface area contributed by atoms with Gasteiger partial charge in [0.15, 0.2) is 0 Å². The summed E-state index contributed by atoms with van der Waals surface area (Å²) < 4.78 is 6.69. The summed E-state index contributed by atoms with van der Waals surface area (Å²) in [5, 5.41) is 12.7. The van der Waals surface area contributed by atoms with Crippen LogP contribution in [0.2, 0.25) is 0 Å². The fourth-order valence-electron chi connectivity index (χ4n) is 2.04. The Bertz CT molecular complexity index is 630. The van der Waals surface area contributed by atoms with Crippen molar-refractivity contribution in [1.82, 2.24) is 9.55 Å². The Morgan fingerprint density at radius 3 is 3.05 bits per heavy atom. The predicted molar refractivity (Wildman–Crippen MR) is 64.6 cm³/mol. The van der Waals surface area contributed by atoms with Crippen molar-refractivity contribution < 1.29 is 9.84 Å².